The highest BCUT2D eigenvalue weighted by Crippen LogP contribution is 2.14. The van der Waals surface area contributed by atoms with Crippen molar-refractivity contribution in [1.29, 1.82) is 0 Å². The van der Waals surface area contributed by atoms with Crippen LogP contribution in [0.25, 0.3) is 0 Å². The van der Waals surface area contributed by atoms with Gasteiger partial charge in [0.05, 0.1) is 12.3 Å². The smallest absolute Gasteiger partial charge is 0.317 e. The summed E-state index contributed by atoms with van der Waals surface area (Å²) in [5.74, 6) is 0. The molecule has 1 aromatic rings. The largest absolute Gasteiger partial charge is 0.377 e. The van der Waals surface area contributed by atoms with Gasteiger partial charge in [0.15, 0.2) is 0 Å². The van der Waals surface area contributed by atoms with Crippen molar-refractivity contribution in [3.05, 3.63) is 17.5 Å². The Kier molecular flexibility index (Phi) is 6.09. The molecule has 1 atom stereocenters. The van der Waals surface area contributed by atoms with Crippen molar-refractivity contribution in [2.45, 2.75) is 38.7 Å². The number of urea groups is 1. The second-order valence-corrected chi connectivity index (χ2v) is 6.78. The molecule has 0 aromatic carbocycles. The number of hydrogen-bond donors (Lipinski definition) is 2. The fourth-order valence-corrected chi connectivity index (χ4v) is 3.42. The molecule has 24 heavy (non-hydrogen) atoms. The molecule has 3 heterocycles. The molecule has 2 N–H and O–H groups in total. The highest BCUT2D eigenvalue weighted by Gasteiger charge is 2.24. The molecule has 0 unspecified atom stereocenters. The SMILES string of the molecule is Cc1[nH]ncc1CCCNC(=O)N1CCN(C[C@H]2CCCO2)CC1. The first-order valence-electron chi connectivity index (χ1n) is 9.08. The summed E-state index contributed by atoms with van der Waals surface area (Å²) in [4.78, 5) is 16.6. The Morgan fingerprint density at radius 3 is 2.92 bits per heavy atom. The van der Waals surface area contributed by atoms with E-state index in [2.05, 4.69) is 20.4 Å². The predicted molar refractivity (Wildman–Crippen MR) is 92.0 cm³/mol. The average Bonchev–Trinajstić information content (AvgIpc) is 3.24. The molecule has 3 rings (SSSR count). The van der Waals surface area contributed by atoms with Gasteiger partial charge in [0.2, 0.25) is 0 Å². The molecule has 2 amide bonds. The third kappa shape index (κ3) is 4.70. The Balaban J connectivity index is 1.29. The molecule has 0 bridgehead atoms. The Morgan fingerprint density at radius 2 is 2.25 bits per heavy atom. The summed E-state index contributed by atoms with van der Waals surface area (Å²) in [6.45, 7) is 8.16. The fraction of sp³-hybridized carbons (Fsp3) is 0.765. The van der Waals surface area contributed by atoms with Gasteiger partial charge in [-0.25, -0.2) is 4.79 Å². The van der Waals surface area contributed by atoms with Gasteiger partial charge < -0.3 is 15.0 Å². The van der Waals surface area contributed by atoms with Crippen LogP contribution in [0.15, 0.2) is 6.20 Å². The Hall–Kier alpha value is -1.60. The molecule has 1 aromatic heterocycles. The quantitative estimate of drug-likeness (QED) is 0.765. The van der Waals surface area contributed by atoms with Gasteiger partial charge in [0, 0.05) is 51.6 Å². The molecule has 0 aliphatic carbocycles. The molecule has 0 spiro atoms. The van der Waals surface area contributed by atoms with Crippen LogP contribution in [0.2, 0.25) is 0 Å². The molecule has 0 radical (unpaired) electrons. The van der Waals surface area contributed by atoms with Crippen LogP contribution < -0.4 is 5.32 Å². The van der Waals surface area contributed by atoms with Gasteiger partial charge in [0.25, 0.3) is 0 Å². The van der Waals surface area contributed by atoms with Crippen molar-refractivity contribution in [3.63, 3.8) is 0 Å². The van der Waals surface area contributed by atoms with Crippen LogP contribution in [-0.2, 0) is 11.2 Å². The van der Waals surface area contributed by atoms with Gasteiger partial charge in [-0.3, -0.25) is 10.00 Å². The minimum Gasteiger partial charge on any atom is -0.377 e. The van der Waals surface area contributed by atoms with Gasteiger partial charge in [-0.2, -0.15) is 5.10 Å². The first-order valence-corrected chi connectivity index (χ1v) is 9.08. The van der Waals surface area contributed by atoms with E-state index in [9.17, 15) is 4.79 Å². The topological polar surface area (TPSA) is 73.5 Å². The van der Waals surface area contributed by atoms with E-state index in [-0.39, 0.29) is 6.03 Å². The first-order chi connectivity index (χ1) is 11.7. The Labute approximate surface area is 143 Å². The van der Waals surface area contributed by atoms with Crippen molar-refractivity contribution in [1.82, 2.24) is 25.3 Å². The van der Waals surface area contributed by atoms with Crippen LogP contribution in [0.1, 0.15) is 30.5 Å². The van der Waals surface area contributed by atoms with Gasteiger partial charge in [-0.1, -0.05) is 0 Å². The highest BCUT2D eigenvalue weighted by atomic mass is 16.5. The molecule has 2 aliphatic heterocycles. The van der Waals surface area contributed by atoms with Gasteiger partial charge in [-0.05, 0) is 38.2 Å². The number of ether oxygens (including phenoxy) is 1. The van der Waals surface area contributed by atoms with E-state index >= 15 is 0 Å². The second kappa shape index (κ2) is 8.48. The molecular formula is C17H29N5O2. The third-order valence-electron chi connectivity index (χ3n) is 4.98. The number of hydrogen-bond acceptors (Lipinski definition) is 4. The van der Waals surface area contributed by atoms with E-state index in [0.717, 1.165) is 57.9 Å². The minimum absolute atomic E-state index is 0.0654. The zero-order chi connectivity index (χ0) is 16.8. The number of carbonyl (C=O) groups excluding carboxylic acids is 1. The number of aryl methyl sites for hydroxylation is 2. The maximum absolute atomic E-state index is 12.2. The number of aromatic nitrogens is 2. The molecule has 2 saturated heterocycles. The molecule has 0 saturated carbocycles. The summed E-state index contributed by atoms with van der Waals surface area (Å²) in [5, 5.41) is 9.99. The summed E-state index contributed by atoms with van der Waals surface area (Å²) < 4.78 is 5.69. The monoisotopic (exact) mass is 335 g/mol. The van der Waals surface area contributed by atoms with Crippen molar-refractivity contribution in [2.75, 3.05) is 45.9 Å². The zero-order valence-corrected chi connectivity index (χ0v) is 14.6. The zero-order valence-electron chi connectivity index (χ0n) is 14.6. The Bertz CT molecular complexity index is 519. The Morgan fingerprint density at radius 1 is 1.42 bits per heavy atom. The van der Waals surface area contributed by atoms with E-state index in [1.165, 1.54) is 18.4 Å². The number of carbonyl (C=O) groups is 1. The molecule has 7 nitrogen and oxygen atoms in total. The van der Waals surface area contributed by atoms with Crippen LogP contribution in [0.3, 0.4) is 0 Å². The number of amides is 2. The predicted octanol–water partition coefficient (Wildman–Crippen LogP) is 1.16. The lowest BCUT2D eigenvalue weighted by molar-refractivity contribution is 0.0561. The van der Waals surface area contributed by atoms with Crippen molar-refractivity contribution >= 4 is 6.03 Å². The number of nitrogens with zero attached hydrogens (tertiary/aromatic N) is 3. The minimum atomic E-state index is 0.0654. The van der Waals surface area contributed by atoms with E-state index in [4.69, 9.17) is 4.74 Å². The highest BCUT2D eigenvalue weighted by molar-refractivity contribution is 5.74. The average molecular weight is 335 g/mol. The van der Waals surface area contributed by atoms with E-state index in [1.807, 2.05) is 18.0 Å². The lowest BCUT2D eigenvalue weighted by Crippen LogP contribution is -2.53. The molecule has 134 valence electrons. The van der Waals surface area contributed by atoms with E-state index in [1.54, 1.807) is 0 Å². The van der Waals surface area contributed by atoms with Gasteiger partial charge in [0.1, 0.15) is 0 Å². The fourth-order valence-electron chi connectivity index (χ4n) is 3.42. The summed E-state index contributed by atoms with van der Waals surface area (Å²) in [5.41, 5.74) is 2.34. The maximum Gasteiger partial charge on any atom is 0.317 e. The number of piperazine rings is 1. The summed E-state index contributed by atoms with van der Waals surface area (Å²) >= 11 is 0. The van der Waals surface area contributed by atoms with E-state index < -0.39 is 0 Å². The molecule has 2 fully saturated rings. The van der Waals surface area contributed by atoms with Crippen molar-refractivity contribution in [2.24, 2.45) is 0 Å². The van der Waals surface area contributed by atoms with Gasteiger partial charge >= 0.3 is 6.03 Å². The van der Waals surface area contributed by atoms with Crippen LogP contribution in [0.4, 0.5) is 4.79 Å². The van der Waals surface area contributed by atoms with Crippen LogP contribution >= 0.6 is 0 Å². The number of rotatable bonds is 6. The maximum atomic E-state index is 12.2. The summed E-state index contributed by atoms with van der Waals surface area (Å²) in [6.07, 6.45) is 6.51. The first kappa shape index (κ1) is 17.2. The van der Waals surface area contributed by atoms with Gasteiger partial charge in [-0.15, -0.1) is 0 Å². The number of aromatic amines is 1. The summed E-state index contributed by atoms with van der Waals surface area (Å²) in [7, 11) is 0. The molecular weight excluding hydrogens is 306 g/mol. The molecule has 2 aliphatic rings. The lowest BCUT2D eigenvalue weighted by Gasteiger charge is -2.35. The van der Waals surface area contributed by atoms with Crippen LogP contribution in [0, 0.1) is 6.92 Å². The molecule has 7 heteroatoms. The number of nitrogens with one attached hydrogen (secondary N) is 2. The summed E-state index contributed by atoms with van der Waals surface area (Å²) in [6, 6.07) is 0.0654. The third-order valence-corrected chi connectivity index (χ3v) is 4.98. The normalized spacial score (nSPS) is 22.0. The standard InChI is InChI=1S/C17H29N5O2/c1-14-15(12-19-20-14)4-2-6-18-17(23)22-9-7-21(8-10-22)13-16-5-3-11-24-16/h12,16H,2-11,13H2,1H3,(H,18,23)(H,19,20)/t16-/m1/s1. The van der Waals surface area contributed by atoms with Crippen molar-refractivity contribution < 1.29 is 9.53 Å². The van der Waals surface area contributed by atoms with E-state index in [0.29, 0.717) is 12.6 Å². The van der Waals surface area contributed by atoms with Crippen molar-refractivity contribution in [3.8, 4) is 0 Å². The second-order valence-electron chi connectivity index (χ2n) is 6.78. The van der Waals surface area contributed by atoms with Crippen LogP contribution in [-0.4, -0.2) is 78.0 Å². The van der Waals surface area contributed by atoms with Crippen LogP contribution in [0.5, 0.6) is 0 Å². The number of H-pyrrole nitrogens is 1. The lowest BCUT2D eigenvalue weighted by atomic mass is 10.1.